The molecule has 4 rings (SSSR count). The minimum Gasteiger partial charge on any atom is -0.443 e. The summed E-state index contributed by atoms with van der Waals surface area (Å²) in [6.07, 6.45) is 4.03. The maximum absolute atomic E-state index is 12.9. The van der Waals surface area contributed by atoms with Crippen molar-refractivity contribution in [3.05, 3.63) is 59.0 Å². The number of aromatic nitrogens is 4. The predicted octanol–water partition coefficient (Wildman–Crippen LogP) is 4.34. The summed E-state index contributed by atoms with van der Waals surface area (Å²) >= 11 is 0. The summed E-state index contributed by atoms with van der Waals surface area (Å²) in [5, 5.41) is 12.5. The number of nitro groups is 1. The van der Waals surface area contributed by atoms with Gasteiger partial charge >= 0.3 is 6.09 Å². The molecule has 0 saturated heterocycles. The predicted molar refractivity (Wildman–Crippen MR) is 107 cm³/mol. The molecule has 0 fully saturated rings. The highest BCUT2D eigenvalue weighted by molar-refractivity contribution is 6.11. The molecule has 0 aliphatic rings. The first kappa shape index (κ1) is 18.5. The van der Waals surface area contributed by atoms with Crippen LogP contribution in [0.5, 0.6) is 0 Å². The van der Waals surface area contributed by atoms with Crippen LogP contribution >= 0.6 is 0 Å². The molecule has 0 amide bonds. The molecule has 0 aliphatic heterocycles. The summed E-state index contributed by atoms with van der Waals surface area (Å²) in [7, 11) is 0. The molecule has 0 radical (unpaired) electrons. The number of hydrogen-bond donors (Lipinski definition) is 0. The molecule has 0 N–H and O–H groups in total. The lowest BCUT2D eigenvalue weighted by Gasteiger charge is -2.20. The van der Waals surface area contributed by atoms with Crippen molar-refractivity contribution in [2.75, 3.05) is 0 Å². The monoisotopic (exact) mass is 391 g/mol. The van der Waals surface area contributed by atoms with Crippen LogP contribution in [0.4, 0.5) is 10.5 Å². The Balaban J connectivity index is 1.95. The van der Waals surface area contributed by atoms with Gasteiger partial charge in [-0.05, 0) is 39.0 Å². The zero-order chi connectivity index (χ0) is 20.8. The maximum atomic E-state index is 12.9. The van der Waals surface area contributed by atoms with E-state index in [9.17, 15) is 14.9 Å². The van der Waals surface area contributed by atoms with E-state index in [4.69, 9.17) is 4.74 Å². The lowest BCUT2D eigenvalue weighted by Crippen LogP contribution is -2.27. The van der Waals surface area contributed by atoms with Gasteiger partial charge in [-0.2, -0.15) is 0 Å². The number of nitrogens with zero attached hydrogens (tertiary/aromatic N) is 5. The summed E-state index contributed by atoms with van der Waals surface area (Å²) in [6.45, 7) is 5.35. The highest BCUT2D eigenvalue weighted by Crippen LogP contribution is 2.30. The van der Waals surface area contributed by atoms with Gasteiger partial charge in [0.05, 0.1) is 21.8 Å². The van der Waals surface area contributed by atoms with E-state index in [1.165, 1.54) is 22.9 Å². The Morgan fingerprint density at radius 3 is 2.62 bits per heavy atom. The van der Waals surface area contributed by atoms with Crippen molar-refractivity contribution >= 4 is 33.7 Å². The summed E-state index contributed by atoms with van der Waals surface area (Å²) in [5.41, 5.74) is 0.941. The minimum atomic E-state index is -0.688. The lowest BCUT2D eigenvalue weighted by atomic mass is 10.2. The van der Waals surface area contributed by atoms with Gasteiger partial charge in [-0.3, -0.25) is 20.1 Å². The molecule has 0 spiro atoms. The Labute approximate surface area is 165 Å². The second-order valence-electron chi connectivity index (χ2n) is 7.43. The summed E-state index contributed by atoms with van der Waals surface area (Å²) < 4.78 is 6.94. The van der Waals surface area contributed by atoms with Gasteiger partial charge in [-0.15, -0.1) is 0 Å². The summed E-state index contributed by atoms with van der Waals surface area (Å²) in [6, 6.07) is 7.87. The van der Waals surface area contributed by atoms with Crippen LogP contribution in [0, 0.1) is 10.1 Å². The largest absolute Gasteiger partial charge is 0.443 e. The van der Waals surface area contributed by atoms with Gasteiger partial charge in [0.1, 0.15) is 5.60 Å². The van der Waals surface area contributed by atoms with E-state index in [0.717, 1.165) is 5.39 Å². The second kappa shape index (κ2) is 6.62. The average molecular weight is 391 g/mol. The Morgan fingerprint density at radius 1 is 1.10 bits per heavy atom. The highest BCUT2D eigenvalue weighted by Gasteiger charge is 2.23. The fourth-order valence-electron chi connectivity index (χ4n) is 3.04. The Kier molecular flexibility index (Phi) is 4.22. The normalized spacial score (nSPS) is 11.7. The van der Waals surface area contributed by atoms with Crippen LogP contribution in [-0.2, 0) is 4.74 Å². The van der Waals surface area contributed by atoms with Crippen molar-refractivity contribution in [2.45, 2.75) is 26.4 Å². The van der Waals surface area contributed by atoms with Gasteiger partial charge in [0, 0.05) is 41.5 Å². The van der Waals surface area contributed by atoms with Crippen molar-refractivity contribution in [1.29, 1.82) is 0 Å². The van der Waals surface area contributed by atoms with Crippen LogP contribution in [0.2, 0.25) is 0 Å². The smallest absolute Gasteiger partial charge is 0.420 e. The van der Waals surface area contributed by atoms with Crippen LogP contribution < -0.4 is 0 Å². The van der Waals surface area contributed by atoms with Crippen molar-refractivity contribution in [2.24, 2.45) is 0 Å². The van der Waals surface area contributed by atoms with Crippen LogP contribution in [-0.4, -0.2) is 36.1 Å². The maximum Gasteiger partial charge on any atom is 0.420 e. The molecule has 0 atom stereocenters. The minimum absolute atomic E-state index is 0.0891. The molecule has 9 heteroatoms. The van der Waals surface area contributed by atoms with E-state index < -0.39 is 16.6 Å². The lowest BCUT2D eigenvalue weighted by molar-refractivity contribution is -0.384. The molecule has 4 aromatic heterocycles. The second-order valence-corrected chi connectivity index (χ2v) is 7.43. The van der Waals surface area contributed by atoms with E-state index >= 15 is 0 Å². The van der Waals surface area contributed by atoms with Gasteiger partial charge in [-0.1, -0.05) is 0 Å². The number of rotatable bonds is 2. The number of ether oxygens (including phenoxy) is 1. The molecule has 4 aromatic rings. The van der Waals surface area contributed by atoms with Crippen molar-refractivity contribution < 1.29 is 14.5 Å². The summed E-state index contributed by atoms with van der Waals surface area (Å²) in [4.78, 5) is 36.4. The number of pyridine rings is 3. The highest BCUT2D eigenvalue weighted by atomic mass is 16.6. The fraction of sp³-hybridized carbons (Fsp3) is 0.200. The van der Waals surface area contributed by atoms with E-state index in [1.54, 1.807) is 51.4 Å². The van der Waals surface area contributed by atoms with E-state index in [0.29, 0.717) is 27.9 Å². The molecule has 0 aliphatic carbocycles. The third-order valence-electron chi connectivity index (χ3n) is 4.21. The Hall–Kier alpha value is -3.88. The van der Waals surface area contributed by atoms with Gasteiger partial charge < -0.3 is 4.74 Å². The number of carbonyl (C=O) groups is 1. The molecule has 29 heavy (non-hydrogen) atoms. The van der Waals surface area contributed by atoms with Gasteiger partial charge in [0.2, 0.25) is 0 Å². The SMILES string of the molecule is CC(C)(C)OC(=O)n1c2ccncc2c2ccc(-c3cc([N+](=O)[O-])ccn3)nc21. The molecule has 9 nitrogen and oxygen atoms in total. The number of carbonyl (C=O) groups excluding carboxylic acids is 1. The number of hydrogen-bond acceptors (Lipinski definition) is 7. The quantitative estimate of drug-likeness (QED) is 0.369. The first-order chi connectivity index (χ1) is 13.7. The first-order valence-corrected chi connectivity index (χ1v) is 8.84. The van der Waals surface area contributed by atoms with Crippen LogP contribution in [0.25, 0.3) is 33.3 Å². The van der Waals surface area contributed by atoms with Gasteiger partial charge in [-0.25, -0.2) is 14.3 Å². The molecule has 0 aromatic carbocycles. The topological polar surface area (TPSA) is 113 Å². The fourth-order valence-corrected chi connectivity index (χ4v) is 3.04. The molecule has 0 bridgehead atoms. The van der Waals surface area contributed by atoms with E-state index in [-0.39, 0.29) is 5.69 Å². The third-order valence-corrected chi connectivity index (χ3v) is 4.21. The standard InChI is InChI=1S/C20H17N5O4/c1-20(2,3)29-19(26)24-17-7-8-21-11-14(17)13-4-5-15(23-18(13)24)16-10-12(25(27)28)6-9-22-16/h4-11H,1-3H3. The molecular weight excluding hydrogens is 374 g/mol. The molecule has 0 saturated carbocycles. The van der Waals surface area contributed by atoms with Gasteiger partial charge in [0.15, 0.2) is 5.65 Å². The molecular formula is C20H17N5O4. The van der Waals surface area contributed by atoms with Crippen LogP contribution in [0.3, 0.4) is 0 Å². The summed E-state index contributed by atoms with van der Waals surface area (Å²) in [5.74, 6) is 0. The van der Waals surface area contributed by atoms with Crippen molar-refractivity contribution in [3.8, 4) is 11.4 Å². The molecule has 0 unspecified atom stereocenters. The number of fused-ring (bicyclic) bond motifs is 3. The average Bonchev–Trinajstić information content (AvgIpc) is 3.00. The molecule has 4 heterocycles. The van der Waals surface area contributed by atoms with E-state index in [1.807, 2.05) is 0 Å². The first-order valence-electron chi connectivity index (χ1n) is 8.84. The zero-order valence-corrected chi connectivity index (χ0v) is 16.0. The van der Waals surface area contributed by atoms with Crippen LogP contribution in [0.15, 0.2) is 48.9 Å². The van der Waals surface area contributed by atoms with Crippen molar-refractivity contribution in [3.63, 3.8) is 0 Å². The van der Waals surface area contributed by atoms with Crippen LogP contribution in [0.1, 0.15) is 20.8 Å². The Bertz CT molecular complexity index is 1270. The van der Waals surface area contributed by atoms with Crippen molar-refractivity contribution in [1.82, 2.24) is 19.5 Å². The third kappa shape index (κ3) is 3.38. The zero-order valence-electron chi connectivity index (χ0n) is 16.0. The van der Waals surface area contributed by atoms with E-state index in [2.05, 4.69) is 15.0 Å². The van der Waals surface area contributed by atoms with Gasteiger partial charge in [0.25, 0.3) is 5.69 Å². The molecule has 146 valence electrons. The Morgan fingerprint density at radius 2 is 1.90 bits per heavy atom.